The van der Waals surface area contributed by atoms with Gasteiger partial charge in [0.2, 0.25) is 0 Å². The summed E-state index contributed by atoms with van der Waals surface area (Å²) in [7, 11) is 0. The van der Waals surface area contributed by atoms with Crippen LogP contribution in [0.4, 0.5) is 0 Å². The summed E-state index contributed by atoms with van der Waals surface area (Å²) < 4.78 is 0. The standard InChI is InChI=1S/2C8H16N2O.Ni/c2*1-6(7(2)11)9-10-8(3,4)5;/h2*11H,1-5H3;/q;;+2/p-2. The van der Waals surface area contributed by atoms with Gasteiger partial charge in [-0.2, -0.15) is 20.5 Å². The molecule has 0 unspecified atom stereocenters. The number of nitrogens with zero attached hydrogens (tertiary/aromatic N) is 4. The Morgan fingerprint density at radius 3 is 0.957 bits per heavy atom. The van der Waals surface area contributed by atoms with Crippen LogP contribution in [0.1, 0.15) is 69.2 Å². The third kappa shape index (κ3) is 20.8. The molecule has 0 aliphatic rings. The van der Waals surface area contributed by atoms with Crippen LogP contribution in [0.5, 0.6) is 0 Å². The van der Waals surface area contributed by atoms with E-state index >= 15 is 0 Å². The fourth-order valence-corrected chi connectivity index (χ4v) is 0.591. The van der Waals surface area contributed by atoms with E-state index in [1.165, 1.54) is 13.8 Å². The van der Waals surface area contributed by atoms with Crippen LogP contribution >= 0.6 is 0 Å². The molecule has 0 amide bonds. The Morgan fingerprint density at radius 1 is 0.609 bits per heavy atom. The largest absolute Gasteiger partial charge is 2.00 e. The van der Waals surface area contributed by atoms with Crippen molar-refractivity contribution >= 4 is 0 Å². The predicted molar refractivity (Wildman–Crippen MR) is 86.0 cm³/mol. The van der Waals surface area contributed by atoms with Gasteiger partial charge in [0.1, 0.15) is 0 Å². The van der Waals surface area contributed by atoms with Crippen LogP contribution in [-0.4, -0.2) is 11.1 Å². The normalized spacial score (nSPS) is 14.7. The minimum atomic E-state index is -0.198. The Bertz CT molecular complexity index is 415. The quantitative estimate of drug-likeness (QED) is 0.422. The zero-order valence-corrected chi connectivity index (χ0v) is 16.9. The van der Waals surface area contributed by atoms with Gasteiger partial charge in [-0.3, -0.25) is 0 Å². The van der Waals surface area contributed by atoms with Crippen molar-refractivity contribution < 1.29 is 26.7 Å². The van der Waals surface area contributed by atoms with Gasteiger partial charge in [0.05, 0.1) is 11.1 Å². The molecule has 23 heavy (non-hydrogen) atoms. The molecule has 0 heterocycles. The van der Waals surface area contributed by atoms with Gasteiger partial charge in [-0.1, -0.05) is 13.8 Å². The van der Waals surface area contributed by atoms with Gasteiger partial charge in [0.15, 0.2) is 0 Å². The van der Waals surface area contributed by atoms with Crippen molar-refractivity contribution in [2.24, 2.45) is 20.5 Å². The molecule has 0 aliphatic carbocycles. The van der Waals surface area contributed by atoms with Crippen LogP contribution in [0.3, 0.4) is 0 Å². The Kier molecular flexibility index (Phi) is 13.1. The maximum atomic E-state index is 10.7. The van der Waals surface area contributed by atoms with Crippen molar-refractivity contribution in [3.05, 3.63) is 22.9 Å². The summed E-state index contributed by atoms with van der Waals surface area (Å²) in [5.74, 6) is -0.0593. The van der Waals surface area contributed by atoms with Gasteiger partial charge >= 0.3 is 16.5 Å². The molecule has 7 heteroatoms. The smallest absolute Gasteiger partial charge is 0.874 e. The van der Waals surface area contributed by atoms with Crippen LogP contribution in [0.25, 0.3) is 0 Å². The summed E-state index contributed by atoms with van der Waals surface area (Å²) in [6.07, 6.45) is 0. The number of allylic oxidation sites excluding steroid dienone is 4. The summed E-state index contributed by atoms with van der Waals surface area (Å²) >= 11 is 0. The first-order chi connectivity index (χ1) is 9.65. The van der Waals surface area contributed by atoms with E-state index in [0.29, 0.717) is 11.4 Å². The zero-order chi connectivity index (χ0) is 18.1. The van der Waals surface area contributed by atoms with Crippen LogP contribution in [0, 0.1) is 0 Å². The van der Waals surface area contributed by atoms with E-state index < -0.39 is 0 Å². The summed E-state index contributed by atoms with van der Waals surface area (Å²) in [5.41, 5.74) is 0.521. The number of hydrogen-bond donors (Lipinski definition) is 0. The van der Waals surface area contributed by atoms with Crippen molar-refractivity contribution in [1.82, 2.24) is 0 Å². The van der Waals surface area contributed by atoms with E-state index in [1.807, 2.05) is 41.5 Å². The molecule has 0 aromatic rings. The topological polar surface area (TPSA) is 95.6 Å². The Balaban J connectivity index is -0.000000333. The van der Waals surface area contributed by atoms with Gasteiger partial charge in [-0.15, -0.1) is 11.5 Å². The second kappa shape index (κ2) is 11.3. The molecule has 0 fully saturated rings. The summed E-state index contributed by atoms with van der Waals surface area (Å²) in [5, 5.41) is 36.8. The minimum Gasteiger partial charge on any atom is -0.874 e. The zero-order valence-electron chi connectivity index (χ0n) is 15.9. The van der Waals surface area contributed by atoms with E-state index in [-0.39, 0.29) is 39.1 Å². The van der Waals surface area contributed by atoms with Crippen LogP contribution in [0.15, 0.2) is 43.4 Å². The summed E-state index contributed by atoms with van der Waals surface area (Å²) in [4.78, 5) is 0. The van der Waals surface area contributed by atoms with E-state index in [2.05, 4.69) is 20.5 Å². The third-order valence-electron chi connectivity index (χ3n) is 2.02. The predicted octanol–water partition coefficient (Wildman–Crippen LogP) is 3.70. The molecule has 0 rings (SSSR count). The fourth-order valence-electron chi connectivity index (χ4n) is 0.591. The number of hydrogen-bond acceptors (Lipinski definition) is 6. The molecule has 0 aromatic carbocycles. The van der Waals surface area contributed by atoms with Gasteiger partial charge in [-0.25, -0.2) is 0 Å². The average Bonchev–Trinajstić information content (AvgIpc) is 2.31. The monoisotopic (exact) mass is 368 g/mol. The first-order valence-electron chi connectivity index (χ1n) is 7.20. The maximum absolute atomic E-state index is 10.7. The van der Waals surface area contributed by atoms with Crippen LogP contribution in [0.2, 0.25) is 0 Å². The first-order valence-corrected chi connectivity index (χ1v) is 7.20. The van der Waals surface area contributed by atoms with Crippen molar-refractivity contribution in [2.45, 2.75) is 80.3 Å². The maximum Gasteiger partial charge on any atom is 2.00 e. The molecular formula is C16H30N4NiO2. The van der Waals surface area contributed by atoms with Gasteiger partial charge in [0.25, 0.3) is 0 Å². The van der Waals surface area contributed by atoms with Crippen molar-refractivity contribution in [3.8, 4) is 0 Å². The van der Waals surface area contributed by atoms with Crippen LogP contribution < -0.4 is 10.2 Å². The van der Waals surface area contributed by atoms with E-state index in [1.54, 1.807) is 13.8 Å². The molecule has 0 aromatic heterocycles. The molecule has 0 bridgehead atoms. The summed E-state index contributed by atoms with van der Waals surface area (Å²) in [6, 6.07) is 0. The second-order valence-corrected chi connectivity index (χ2v) is 7.02. The van der Waals surface area contributed by atoms with E-state index in [4.69, 9.17) is 0 Å². The third-order valence-corrected chi connectivity index (χ3v) is 2.02. The van der Waals surface area contributed by atoms with E-state index in [9.17, 15) is 10.2 Å². The number of rotatable bonds is 2. The average molecular weight is 369 g/mol. The van der Waals surface area contributed by atoms with Gasteiger partial charge in [0, 0.05) is 11.4 Å². The molecule has 0 aliphatic heterocycles. The molecule has 0 spiro atoms. The van der Waals surface area contributed by atoms with Crippen molar-refractivity contribution in [2.75, 3.05) is 0 Å². The molecular weight excluding hydrogens is 339 g/mol. The van der Waals surface area contributed by atoms with Gasteiger partial charge in [-0.05, 0) is 55.4 Å². The minimum absolute atomic E-state index is 0. The Labute approximate surface area is 150 Å². The fraction of sp³-hybridized carbons (Fsp3) is 0.750. The molecule has 6 nitrogen and oxygen atoms in total. The summed E-state index contributed by atoms with van der Waals surface area (Å²) in [6.45, 7) is 17.9. The molecule has 0 radical (unpaired) electrons. The molecule has 0 saturated carbocycles. The second-order valence-electron chi connectivity index (χ2n) is 7.02. The first kappa shape index (κ1) is 26.7. The Hall–Kier alpha value is -1.23. The molecule has 0 atom stereocenters. The number of azo groups is 2. The molecule has 0 N–H and O–H groups in total. The molecule has 0 saturated heterocycles. The van der Waals surface area contributed by atoms with Crippen molar-refractivity contribution in [3.63, 3.8) is 0 Å². The van der Waals surface area contributed by atoms with Gasteiger partial charge < -0.3 is 10.2 Å². The Morgan fingerprint density at radius 2 is 0.826 bits per heavy atom. The van der Waals surface area contributed by atoms with Crippen LogP contribution in [-0.2, 0) is 16.5 Å². The van der Waals surface area contributed by atoms with E-state index in [0.717, 1.165) is 0 Å². The van der Waals surface area contributed by atoms with Crippen molar-refractivity contribution in [1.29, 1.82) is 0 Å². The molecule has 136 valence electrons. The SMILES string of the molecule is CC([O-])=C(C)N=NC(C)(C)C.CC([O-])=C(C)N=NC(C)(C)C.[Ni+2].